The SMILES string of the molecule is N#Cc1c(NC(=O)c2c(F)cccc2F)sc2c1CCCCCC2. The normalized spacial score (nSPS) is 14.2. The lowest BCUT2D eigenvalue weighted by atomic mass is 9.97. The average Bonchev–Trinajstić information content (AvgIpc) is 2.83. The molecule has 124 valence electrons. The van der Waals surface area contributed by atoms with Gasteiger partial charge in [0.15, 0.2) is 0 Å². The third-order valence-electron chi connectivity index (χ3n) is 4.20. The van der Waals surface area contributed by atoms with Gasteiger partial charge < -0.3 is 5.32 Å². The van der Waals surface area contributed by atoms with Crippen molar-refractivity contribution in [2.75, 3.05) is 5.32 Å². The molecular weight excluding hydrogens is 330 g/mol. The van der Waals surface area contributed by atoms with Crippen molar-refractivity contribution in [2.45, 2.75) is 38.5 Å². The van der Waals surface area contributed by atoms with Gasteiger partial charge in [-0.2, -0.15) is 5.26 Å². The molecule has 0 saturated carbocycles. The van der Waals surface area contributed by atoms with Crippen LogP contribution in [0.2, 0.25) is 0 Å². The molecule has 1 amide bonds. The molecule has 3 rings (SSSR count). The molecule has 1 heterocycles. The van der Waals surface area contributed by atoms with E-state index in [1.807, 2.05) is 0 Å². The summed E-state index contributed by atoms with van der Waals surface area (Å²) in [5, 5.41) is 12.4. The second-order valence-electron chi connectivity index (χ2n) is 5.78. The minimum atomic E-state index is -0.916. The topological polar surface area (TPSA) is 52.9 Å². The van der Waals surface area contributed by atoms with Crippen LogP contribution in [0.25, 0.3) is 0 Å². The third-order valence-corrected chi connectivity index (χ3v) is 5.41. The lowest BCUT2D eigenvalue weighted by Crippen LogP contribution is -2.15. The number of hydrogen-bond acceptors (Lipinski definition) is 3. The highest BCUT2D eigenvalue weighted by Crippen LogP contribution is 2.36. The molecular formula is C18H16F2N2OS. The van der Waals surface area contributed by atoms with Gasteiger partial charge in [-0.3, -0.25) is 4.79 Å². The smallest absolute Gasteiger partial charge is 0.262 e. The van der Waals surface area contributed by atoms with Crippen molar-refractivity contribution >= 4 is 22.2 Å². The number of carbonyl (C=O) groups excluding carboxylic acids is 1. The van der Waals surface area contributed by atoms with E-state index in [-0.39, 0.29) is 0 Å². The molecule has 0 unspecified atom stereocenters. The first-order valence-electron chi connectivity index (χ1n) is 7.92. The Bertz CT molecular complexity index is 803. The molecule has 0 bridgehead atoms. The molecule has 1 N–H and O–H groups in total. The number of rotatable bonds is 2. The number of halogens is 2. The maximum Gasteiger partial charge on any atom is 0.262 e. The Balaban J connectivity index is 1.94. The van der Waals surface area contributed by atoms with Gasteiger partial charge >= 0.3 is 0 Å². The Kier molecular flexibility index (Phi) is 4.91. The van der Waals surface area contributed by atoms with Gasteiger partial charge in [0.05, 0.1) is 5.56 Å². The predicted molar refractivity (Wildman–Crippen MR) is 89.2 cm³/mol. The van der Waals surface area contributed by atoms with Gasteiger partial charge in [-0.25, -0.2) is 8.78 Å². The minimum absolute atomic E-state index is 0.386. The van der Waals surface area contributed by atoms with Gasteiger partial charge in [-0.05, 0) is 43.4 Å². The van der Waals surface area contributed by atoms with Gasteiger partial charge in [0, 0.05) is 4.88 Å². The molecule has 0 radical (unpaired) electrons. The molecule has 24 heavy (non-hydrogen) atoms. The Morgan fingerprint density at radius 3 is 2.46 bits per heavy atom. The fraction of sp³-hybridized carbons (Fsp3) is 0.333. The number of benzene rings is 1. The summed E-state index contributed by atoms with van der Waals surface area (Å²) < 4.78 is 27.5. The molecule has 2 aromatic rings. The largest absolute Gasteiger partial charge is 0.312 e. The number of aryl methyl sites for hydroxylation is 1. The average molecular weight is 346 g/mol. The van der Waals surface area contributed by atoms with Crippen LogP contribution < -0.4 is 5.32 Å². The molecule has 6 heteroatoms. The van der Waals surface area contributed by atoms with Crippen LogP contribution in [0.3, 0.4) is 0 Å². The molecule has 0 spiro atoms. The molecule has 1 aromatic carbocycles. The molecule has 0 atom stereocenters. The lowest BCUT2D eigenvalue weighted by Gasteiger charge is -2.08. The quantitative estimate of drug-likeness (QED) is 0.848. The van der Waals surface area contributed by atoms with Crippen molar-refractivity contribution in [1.29, 1.82) is 5.26 Å². The monoisotopic (exact) mass is 346 g/mol. The van der Waals surface area contributed by atoms with Crippen molar-refractivity contribution in [3.05, 3.63) is 51.4 Å². The van der Waals surface area contributed by atoms with Gasteiger partial charge in [0.2, 0.25) is 0 Å². The number of nitrogens with zero attached hydrogens (tertiary/aromatic N) is 1. The van der Waals surface area contributed by atoms with E-state index >= 15 is 0 Å². The maximum absolute atomic E-state index is 13.8. The van der Waals surface area contributed by atoms with Crippen molar-refractivity contribution in [1.82, 2.24) is 0 Å². The number of amides is 1. The highest BCUT2D eigenvalue weighted by atomic mass is 32.1. The number of nitriles is 1. The molecule has 1 aliphatic carbocycles. The highest BCUT2D eigenvalue weighted by molar-refractivity contribution is 7.16. The number of fused-ring (bicyclic) bond motifs is 1. The summed E-state index contributed by atoms with van der Waals surface area (Å²) in [4.78, 5) is 13.4. The molecule has 1 aliphatic rings. The van der Waals surface area contributed by atoms with Crippen molar-refractivity contribution < 1.29 is 13.6 Å². The standard InChI is InChI=1S/C18H16F2N2OS/c19-13-7-5-8-14(20)16(13)17(23)22-18-12(10-21)11-6-3-1-2-4-9-15(11)24-18/h5,7-8H,1-4,6,9H2,(H,22,23). The van der Waals surface area contributed by atoms with Crippen molar-refractivity contribution in [3.8, 4) is 6.07 Å². The predicted octanol–water partition coefficient (Wildman–Crippen LogP) is 4.81. The molecule has 0 saturated heterocycles. The summed E-state index contributed by atoms with van der Waals surface area (Å²) in [7, 11) is 0. The first kappa shape index (κ1) is 16.6. The Labute approximate surface area is 142 Å². The first-order chi connectivity index (χ1) is 11.6. The van der Waals surface area contributed by atoms with Crippen molar-refractivity contribution in [2.24, 2.45) is 0 Å². The van der Waals surface area contributed by atoms with Crippen LogP contribution >= 0.6 is 11.3 Å². The van der Waals surface area contributed by atoms with Crippen LogP contribution in [0.5, 0.6) is 0 Å². The first-order valence-corrected chi connectivity index (χ1v) is 8.73. The maximum atomic E-state index is 13.8. The number of thiophene rings is 1. The van der Waals surface area contributed by atoms with Crippen LogP contribution in [0.15, 0.2) is 18.2 Å². The van der Waals surface area contributed by atoms with E-state index < -0.39 is 23.1 Å². The number of anilines is 1. The minimum Gasteiger partial charge on any atom is -0.312 e. The zero-order valence-electron chi connectivity index (χ0n) is 13.0. The van der Waals surface area contributed by atoms with E-state index in [1.54, 1.807) is 0 Å². The van der Waals surface area contributed by atoms with E-state index in [4.69, 9.17) is 0 Å². The summed E-state index contributed by atoms with van der Waals surface area (Å²) in [6.07, 6.45) is 6.02. The third kappa shape index (κ3) is 3.17. The van der Waals surface area contributed by atoms with Gasteiger partial charge in [0.1, 0.15) is 28.3 Å². The Hall–Kier alpha value is -2.26. The second kappa shape index (κ2) is 7.10. The van der Waals surface area contributed by atoms with E-state index in [0.29, 0.717) is 10.6 Å². The summed E-state index contributed by atoms with van der Waals surface area (Å²) in [6.45, 7) is 0. The number of nitrogens with one attached hydrogen (secondary N) is 1. The summed E-state index contributed by atoms with van der Waals surface area (Å²) >= 11 is 1.34. The van der Waals surface area contributed by atoms with Crippen LogP contribution in [0.1, 0.15) is 52.0 Å². The summed E-state index contributed by atoms with van der Waals surface area (Å²) in [6, 6.07) is 5.43. The van der Waals surface area contributed by atoms with Gasteiger partial charge in [-0.15, -0.1) is 11.3 Å². The molecule has 0 fully saturated rings. The lowest BCUT2D eigenvalue weighted by molar-refractivity contribution is 0.101. The van der Waals surface area contributed by atoms with Crippen LogP contribution in [0, 0.1) is 23.0 Å². The van der Waals surface area contributed by atoms with Crippen LogP contribution in [0.4, 0.5) is 13.8 Å². The van der Waals surface area contributed by atoms with E-state index in [1.165, 1.54) is 17.4 Å². The fourth-order valence-corrected chi connectivity index (χ4v) is 4.24. The van der Waals surface area contributed by atoms with Crippen LogP contribution in [-0.4, -0.2) is 5.91 Å². The van der Waals surface area contributed by atoms with E-state index in [0.717, 1.165) is 61.1 Å². The van der Waals surface area contributed by atoms with E-state index in [2.05, 4.69) is 11.4 Å². The second-order valence-corrected chi connectivity index (χ2v) is 6.89. The summed E-state index contributed by atoms with van der Waals surface area (Å²) in [5.41, 5.74) is 0.788. The van der Waals surface area contributed by atoms with Crippen LogP contribution in [-0.2, 0) is 12.8 Å². The van der Waals surface area contributed by atoms with Gasteiger partial charge in [0.25, 0.3) is 5.91 Å². The molecule has 1 aromatic heterocycles. The fourth-order valence-electron chi connectivity index (χ4n) is 3.01. The Morgan fingerprint density at radius 2 is 1.79 bits per heavy atom. The Morgan fingerprint density at radius 1 is 1.12 bits per heavy atom. The highest BCUT2D eigenvalue weighted by Gasteiger charge is 2.23. The van der Waals surface area contributed by atoms with Crippen molar-refractivity contribution in [3.63, 3.8) is 0 Å². The zero-order valence-corrected chi connectivity index (χ0v) is 13.8. The zero-order chi connectivity index (χ0) is 17.1. The molecule has 0 aliphatic heterocycles. The number of hydrogen-bond donors (Lipinski definition) is 1. The molecule has 3 nitrogen and oxygen atoms in total. The summed E-state index contributed by atoms with van der Waals surface area (Å²) in [5.74, 6) is -2.70. The number of carbonyl (C=O) groups is 1. The van der Waals surface area contributed by atoms with E-state index in [9.17, 15) is 18.8 Å². The van der Waals surface area contributed by atoms with Gasteiger partial charge in [-0.1, -0.05) is 18.9 Å².